The van der Waals surface area contributed by atoms with Gasteiger partial charge in [-0.25, -0.2) is 0 Å². The summed E-state index contributed by atoms with van der Waals surface area (Å²) in [5, 5.41) is 21.1. The highest BCUT2D eigenvalue weighted by atomic mass is 16.6. The van der Waals surface area contributed by atoms with Crippen LogP contribution in [0.5, 0.6) is 5.75 Å². The number of hydrogen-bond acceptors (Lipinski definition) is 8. The topological polar surface area (TPSA) is 112 Å². The van der Waals surface area contributed by atoms with Gasteiger partial charge in [-0.2, -0.15) is 0 Å². The quantitative estimate of drug-likeness (QED) is 0.385. The van der Waals surface area contributed by atoms with Gasteiger partial charge in [0.2, 0.25) is 0 Å². The molecule has 1 unspecified atom stereocenters. The number of phenolic OH excluding ortho intramolecular Hbond substituents is 1. The lowest BCUT2D eigenvalue weighted by Crippen LogP contribution is -2.39. The Morgan fingerprint density at radius 2 is 2.18 bits per heavy atom. The Balaban J connectivity index is 1.80. The van der Waals surface area contributed by atoms with Gasteiger partial charge in [0, 0.05) is 19.2 Å². The van der Waals surface area contributed by atoms with E-state index in [1.165, 1.54) is 11.0 Å². The second kappa shape index (κ2) is 10.4. The molecule has 0 saturated heterocycles. The number of amidine groups is 1. The molecule has 1 heterocycles. The van der Waals surface area contributed by atoms with E-state index in [4.69, 9.17) is 9.57 Å². The highest BCUT2D eigenvalue weighted by Gasteiger charge is 2.31. The van der Waals surface area contributed by atoms with E-state index in [9.17, 15) is 14.7 Å². The number of anilines is 1. The summed E-state index contributed by atoms with van der Waals surface area (Å²) in [6.45, 7) is 8.29. The van der Waals surface area contributed by atoms with Gasteiger partial charge in [-0.1, -0.05) is 18.1 Å². The predicted molar refractivity (Wildman–Crippen MR) is 126 cm³/mol. The molecule has 178 valence electrons. The van der Waals surface area contributed by atoms with Crippen LogP contribution in [0.3, 0.4) is 0 Å². The Morgan fingerprint density at radius 1 is 1.42 bits per heavy atom. The summed E-state index contributed by atoms with van der Waals surface area (Å²) < 4.78 is 5.70. The Labute approximate surface area is 194 Å². The van der Waals surface area contributed by atoms with Gasteiger partial charge in [0.1, 0.15) is 17.6 Å². The summed E-state index contributed by atoms with van der Waals surface area (Å²) in [7, 11) is 1.59. The molecule has 9 heteroatoms. The van der Waals surface area contributed by atoms with E-state index in [0.29, 0.717) is 24.6 Å². The van der Waals surface area contributed by atoms with E-state index in [0.717, 1.165) is 17.9 Å². The third-order valence-corrected chi connectivity index (χ3v) is 5.64. The van der Waals surface area contributed by atoms with Crippen LogP contribution in [0.2, 0.25) is 0 Å². The molecule has 3 N–H and O–H groups in total. The zero-order valence-electron chi connectivity index (χ0n) is 19.8. The van der Waals surface area contributed by atoms with Crippen LogP contribution < -0.4 is 10.6 Å². The van der Waals surface area contributed by atoms with Gasteiger partial charge in [-0.05, 0) is 45.4 Å². The molecule has 1 aromatic rings. The Morgan fingerprint density at radius 3 is 2.76 bits per heavy atom. The van der Waals surface area contributed by atoms with Crippen molar-refractivity contribution in [2.45, 2.75) is 59.1 Å². The first-order chi connectivity index (χ1) is 15.8. The number of oxime groups is 1. The predicted octanol–water partition coefficient (Wildman–Crippen LogP) is 3.49. The van der Waals surface area contributed by atoms with Crippen molar-refractivity contribution < 1.29 is 24.3 Å². The molecular formula is C24H32N4O5. The smallest absolute Gasteiger partial charge is 0.262 e. The van der Waals surface area contributed by atoms with Crippen molar-refractivity contribution in [3.05, 3.63) is 47.0 Å². The van der Waals surface area contributed by atoms with Gasteiger partial charge in [-0.3, -0.25) is 14.5 Å². The maximum absolute atomic E-state index is 13.0. The van der Waals surface area contributed by atoms with Gasteiger partial charge < -0.3 is 25.3 Å². The third-order valence-electron chi connectivity index (χ3n) is 5.64. The molecule has 3 rings (SSSR count). The van der Waals surface area contributed by atoms with Crippen molar-refractivity contribution in [3.63, 3.8) is 0 Å². The number of nitrogens with zero attached hydrogens (tertiary/aromatic N) is 2. The number of ether oxygens (including phenoxy) is 1. The fraction of sp³-hybridized carbons (Fsp3) is 0.458. The second-order valence-electron chi connectivity index (χ2n) is 8.00. The van der Waals surface area contributed by atoms with Crippen molar-refractivity contribution in [3.8, 4) is 5.75 Å². The number of carbonyl (C=O) groups is 2. The average Bonchev–Trinajstić information content (AvgIpc) is 3.25. The van der Waals surface area contributed by atoms with Crippen LogP contribution in [0.15, 0.2) is 46.6 Å². The molecule has 33 heavy (non-hydrogen) atoms. The maximum atomic E-state index is 13.0. The first-order valence-electron chi connectivity index (χ1n) is 11.2. The molecule has 1 aliphatic heterocycles. The number of nitrogens with one attached hydrogen (secondary N) is 2. The lowest BCUT2D eigenvalue weighted by Gasteiger charge is -2.30. The molecule has 0 saturated carbocycles. The fourth-order valence-electron chi connectivity index (χ4n) is 3.73. The standard InChI is InChI=1S/C24H32N4O5/c1-6-16(20(7-2)32-8-3)25-18-13-19(29)22(18)26-17-11-9-10-15(23(17)30)24(31)28(5)21-12-14(4)33-27-21/h7,9-11,14,16,25-26,30H,6,8,12-13H2,1-5H3/b20-7-/t14?,16-/m1/s1. The molecule has 1 aromatic carbocycles. The number of carbonyl (C=O) groups excluding carboxylic acids is 2. The number of Topliss-reactive ketones (excluding diaryl/α,β-unsaturated/α-hetero) is 1. The lowest BCUT2D eigenvalue weighted by atomic mass is 9.96. The number of hydrogen-bond donors (Lipinski definition) is 3. The van der Waals surface area contributed by atoms with Gasteiger partial charge in [0.25, 0.3) is 5.91 Å². The van der Waals surface area contributed by atoms with Gasteiger partial charge in [-0.15, -0.1) is 0 Å². The molecule has 2 aliphatic rings. The van der Waals surface area contributed by atoms with Gasteiger partial charge in [0.05, 0.1) is 30.3 Å². The largest absolute Gasteiger partial charge is 0.505 e. The highest BCUT2D eigenvalue weighted by Crippen LogP contribution is 2.33. The van der Waals surface area contributed by atoms with Gasteiger partial charge in [0.15, 0.2) is 17.4 Å². The minimum atomic E-state index is -0.416. The van der Waals surface area contributed by atoms with Crippen molar-refractivity contribution >= 4 is 23.2 Å². The third kappa shape index (κ3) is 5.13. The van der Waals surface area contributed by atoms with Crippen LogP contribution in [-0.4, -0.2) is 53.3 Å². The van der Waals surface area contributed by atoms with E-state index >= 15 is 0 Å². The van der Waals surface area contributed by atoms with Crippen LogP contribution in [-0.2, 0) is 14.4 Å². The van der Waals surface area contributed by atoms with E-state index in [2.05, 4.69) is 15.8 Å². The highest BCUT2D eigenvalue weighted by molar-refractivity contribution is 6.10. The molecule has 0 fully saturated rings. The number of allylic oxidation sites excluding steroid dienone is 3. The second-order valence-corrected chi connectivity index (χ2v) is 8.00. The molecule has 0 radical (unpaired) electrons. The molecule has 0 bridgehead atoms. The fourth-order valence-corrected chi connectivity index (χ4v) is 3.73. The Kier molecular flexibility index (Phi) is 7.63. The van der Waals surface area contributed by atoms with Crippen LogP contribution in [0.4, 0.5) is 5.69 Å². The summed E-state index contributed by atoms with van der Waals surface area (Å²) in [6, 6.07) is 4.73. The van der Waals surface area contributed by atoms with E-state index < -0.39 is 5.91 Å². The number of phenols is 1. The number of amides is 1. The van der Waals surface area contributed by atoms with E-state index in [1.807, 2.05) is 33.8 Å². The number of rotatable bonds is 9. The summed E-state index contributed by atoms with van der Waals surface area (Å²) in [6.07, 6.45) is 3.36. The lowest BCUT2D eigenvalue weighted by molar-refractivity contribution is -0.116. The number of aromatic hydroxyl groups is 1. The molecule has 1 amide bonds. The summed E-state index contributed by atoms with van der Waals surface area (Å²) in [4.78, 5) is 31.8. The zero-order valence-corrected chi connectivity index (χ0v) is 19.8. The van der Waals surface area contributed by atoms with E-state index in [1.54, 1.807) is 19.2 Å². The van der Waals surface area contributed by atoms with Crippen molar-refractivity contribution in [2.24, 2.45) is 5.16 Å². The molecule has 9 nitrogen and oxygen atoms in total. The molecule has 0 spiro atoms. The van der Waals surface area contributed by atoms with Crippen LogP contribution in [0.1, 0.15) is 57.3 Å². The number of para-hydroxylation sites is 1. The van der Waals surface area contributed by atoms with E-state index in [-0.39, 0.29) is 41.4 Å². The maximum Gasteiger partial charge on any atom is 0.262 e. The zero-order chi connectivity index (χ0) is 24.1. The number of benzene rings is 1. The van der Waals surface area contributed by atoms with Crippen molar-refractivity contribution in [1.29, 1.82) is 0 Å². The summed E-state index contributed by atoms with van der Waals surface area (Å²) >= 11 is 0. The normalized spacial score (nSPS) is 18.8. The van der Waals surface area contributed by atoms with Crippen LogP contribution in [0.25, 0.3) is 0 Å². The van der Waals surface area contributed by atoms with Crippen LogP contribution >= 0.6 is 0 Å². The monoisotopic (exact) mass is 456 g/mol. The Hall–Kier alpha value is -3.49. The molecular weight excluding hydrogens is 424 g/mol. The minimum Gasteiger partial charge on any atom is -0.505 e. The summed E-state index contributed by atoms with van der Waals surface area (Å²) in [5.74, 6) is 0.584. The number of ketones is 1. The average molecular weight is 457 g/mol. The molecule has 2 atom stereocenters. The minimum absolute atomic E-state index is 0.0678. The first kappa shape index (κ1) is 24.2. The SMILES string of the molecule is C/C=C(\OCC)[C@@H](CC)NC1=C(Nc2cccc(C(=O)N(C)C3=NOC(C)C3)c2O)C(=O)C1. The summed E-state index contributed by atoms with van der Waals surface area (Å²) in [5.41, 5.74) is 1.49. The molecule has 0 aromatic heterocycles. The van der Waals surface area contributed by atoms with Crippen molar-refractivity contribution in [2.75, 3.05) is 19.0 Å². The van der Waals surface area contributed by atoms with Crippen molar-refractivity contribution in [1.82, 2.24) is 10.2 Å². The van der Waals surface area contributed by atoms with Crippen LogP contribution in [0, 0.1) is 0 Å². The Bertz CT molecular complexity index is 1010. The molecule has 1 aliphatic carbocycles. The van der Waals surface area contributed by atoms with Gasteiger partial charge >= 0.3 is 0 Å². The first-order valence-corrected chi connectivity index (χ1v) is 11.2.